The highest BCUT2D eigenvalue weighted by Gasteiger charge is 2.11. The van der Waals surface area contributed by atoms with Crippen molar-refractivity contribution in [3.63, 3.8) is 0 Å². The zero-order valence-corrected chi connectivity index (χ0v) is 8.65. The molecule has 0 fully saturated rings. The number of ether oxygens (including phenoxy) is 1. The van der Waals surface area contributed by atoms with Crippen molar-refractivity contribution in [2.45, 2.75) is 0 Å². The van der Waals surface area contributed by atoms with Gasteiger partial charge in [0.15, 0.2) is 0 Å². The molecule has 1 aromatic rings. The van der Waals surface area contributed by atoms with Gasteiger partial charge in [0.2, 0.25) is 0 Å². The molecule has 0 spiro atoms. The highest BCUT2D eigenvalue weighted by molar-refractivity contribution is 9.10. The molecule has 1 aromatic carbocycles. The van der Waals surface area contributed by atoms with Crippen LogP contribution in [-0.2, 0) is 4.74 Å². The second-order valence-electron chi connectivity index (χ2n) is 2.09. The average Bonchev–Trinajstić information content (AvgIpc) is 2.08. The standard InChI is InChI=1S/C8H6BrClO2/c1-12-8(11)5-3-2-4-6(10)7(5)9/h2-4H,1H3. The number of rotatable bonds is 1. The molecule has 0 saturated heterocycles. The van der Waals surface area contributed by atoms with E-state index in [1.807, 2.05) is 0 Å². The van der Waals surface area contributed by atoms with Crippen LogP contribution in [0.1, 0.15) is 10.4 Å². The van der Waals surface area contributed by atoms with Crippen LogP contribution in [0.2, 0.25) is 5.02 Å². The van der Waals surface area contributed by atoms with Gasteiger partial charge in [0.1, 0.15) is 0 Å². The second-order valence-corrected chi connectivity index (χ2v) is 3.29. The Kier molecular flexibility index (Phi) is 3.12. The first kappa shape index (κ1) is 9.55. The van der Waals surface area contributed by atoms with Crippen molar-refractivity contribution < 1.29 is 9.53 Å². The number of benzene rings is 1. The first-order chi connectivity index (χ1) is 5.66. The van der Waals surface area contributed by atoms with Crippen LogP contribution in [0.4, 0.5) is 0 Å². The third kappa shape index (κ3) is 1.79. The van der Waals surface area contributed by atoms with Gasteiger partial charge < -0.3 is 4.74 Å². The van der Waals surface area contributed by atoms with Gasteiger partial charge in [-0.05, 0) is 28.1 Å². The predicted octanol–water partition coefficient (Wildman–Crippen LogP) is 2.89. The smallest absolute Gasteiger partial charge is 0.339 e. The first-order valence-corrected chi connectivity index (χ1v) is 4.36. The Balaban J connectivity index is 3.16. The van der Waals surface area contributed by atoms with E-state index < -0.39 is 5.97 Å². The molecular weight excluding hydrogens is 243 g/mol. The molecule has 0 bridgehead atoms. The minimum Gasteiger partial charge on any atom is -0.465 e. The molecule has 0 N–H and O–H groups in total. The summed E-state index contributed by atoms with van der Waals surface area (Å²) in [6, 6.07) is 5.03. The molecule has 2 nitrogen and oxygen atoms in total. The number of halogens is 2. The molecule has 0 heterocycles. The predicted molar refractivity (Wildman–Crippen MR) is 50.5 cm³/mol. The highest BCUT2D eigenvalue weighted by Crippen LogP contribution is 2.26. The summed E-state index contributed by atoms with van der Waals surface area (Å²) in [6.45, 7) is 0. The molecule has 0 atom stereocenters. The maximum absolute atomic E-state index is 11.1. The van der Waals surface area contributed by atoms with Crippen molar-refractivity contribution in [3.8, 4) is 0 Å². The molecular formula is C8H6BrClO2. The fourth-order valence-corrected chi connectivity index (χ4v) is 1.37. The summed E-state index contributed by atoms with van der Waals surface area (Å²) in [6.07, 6.45) is 0. The van der Waals surface area contributed by atoms with Crippen LogP contribution in [0.3, 0.4) is 0 Å². The van der Waals surface area contributed by atoms with Crippen LogP contribution in [0.25, 0.3) is 0 Å². The van der Waals surface area contributed by atoms with Crippen LogP contribution in [0.15, 0.2) is 22.7 Å². The number of methoxy groups -OCH3 is 1. The molecule has 0 radical (unpaired) electrons. The molecule has 0 amide bonds. The molecule has 0 aliphatic rings. The molecule has 0 saturated carbocycles. The number of hydrogen-bond donors (Lipinski definition) is 0. The Labute approximate surface area is 83.6 Å². The van der Waals surface area contributed by atoms with Gasteiger partial charge >= 0.3 is 5.97 Å². The summed E-state index contributed by atoms with van der Waals surface area (Å²) in [5.74, 6) is -0.399. The third-order valence-corrected chi connectivity index (χ3v) is 2.75. The van der Waals surface area contributed by atoms with Gasteiger partial charge in [-0.1, -0.05) is 17.7 Å². The van der Waals surface area contributed by atoms with Crippen LogP contribution in [0.5, 0.6) is 0 Å². The summed E-state index contributed by atoms with van der Waals surface area (Å²) in [4.78, 5) is 11.1. The Bertz CT molecular complexity index is 312. The number of carbonyl (C=O) groups excluding carboxylic acids is 1. The lowest BCUT2D eigenvalue weighted by atomic mass is 10.2. The van der Waals surface area contributed by atoms with E-state index in [1.165, 1.54) is 7.11 Å². The lowest BCUT2D eigenvalue weighted by molar-refractivity contribution is 0.0599. The van der Waals surface area contributed by atoms with E-state index in [-0.39, 0.29) is 0 Å². The van der Waals surface area contributed by atoms with E-state index >= 15 is 0 Å². The number of carbonyl (C=O) groups is 1. The van der Waals surface area contributed by atoms with Crippen LogP contribution in [0, 0.1) is 0 Å². The summed E-state index contributed by atoms with van der Waals surface area (Å²) in [7, 11) is 1.33. The summed E-state index contributed by atoms with van der Waals surface area (Å²) in [5, 5.41) is 0.498. The van der Waals surface area contributed by atoms with E-state index in [0.717, 1.165) is 0 Å². The molecule has 0 aliphatic heterocycles. The monoisotopic (exact) mass is 248 g/mol. The Morgan fingerprint density at radius 2 is 2.25 bits per heavy atom. The lowest BCUT2D eigenvalue weighted by Crippen LogP contribution is -2.01. The number of esters is 1. The minimum atomic E-state index is -0.399. The van der Waals surface area contributed by atoms with Gasteiger partial charge in [-0.25, -0.2) is 4.79 Å². The Morgan fingerprint density at radius 3 is 2.83 bits per heavy atom. The Hall–Kier alpha value is -0.540. The van der Waals surface area contributed by atoms with E-state index in [9.17, 15) is 4.79 Å². The van der Waals surface area contributed by atoms with Gasteiger partial charge in [-0.3, -0.25) is 0 Å². The minimum absolute atomic E-state index is 0.399. The average molecular weight is 249 g/mol. The molecule has 0 unspecified atom stereocenters. The van der Waals surface area contributed by atoms with Crippen LogP contribution >= 0.6 is 27.5 Å². The van der Waals surface area contributed by atoms with Crippen molar-refractivity contribution in [2.24, 2.45) is 0 Å². The molecule has 0 aliphatic carbocycles. The first-order valence-electron chi connectivity index (χ1n) is 3.19. The largest absolute Gasteiger partial charge is 0.465 e. The second kappa shape index (κ2) is 3.92. The highest BCUT2D eigenvalue weighted by atomic mass is 79.9. The van der Waals surface area contributed by atoms with E-state index in [2.05, 4.69) is 20.7 Å². The van der Waals surface area contributed by atoms with Crippen LogP contribution in [-0.4, -0.2) is 13.1 Å². The van der Waals surface area contributed by atoms with Gasteiger partial charge in [0.25, 0.3) is 0 Å². The van der Waals surface area contributed by atoms with Crippen LogP contribution < -0.4 is 0 Å². The fraction of sp³-hybridized carbons (Fsp3) is 0.125. The number of hydrogen-bond acceptors (Lipinski definition) is 2. The van der Waals surface area contributed by atoms with E-state index in [1.54, 1.807) is 18.2 Å². The zero-order chi connectivity index (χ0) is 9.14. The van der Waals surface area contributed by atoms with Gasteiger partial charge in [0.05, 0.1) is 22.2 Å². The van der Waals surface area contributed by atoms with Gasteiger partial charge in [-0.15, -0.1) is 0 Å². The zero-order valence-electron chi connectivity index (χ0n) is 6.30. The molecule has 1 rings (SSSR count). The topological polar surface area (TPSA) is 26.3 Å². The van der Waals surface area contributed by atoms with Crippen molar-refractivity contribution in [2.75, 3.05) is 7.11 Å². The normalized spacial score (nSPS) is 9.58. The van der Waals surface area contributed by atoms with Crippen molar-refractivity contribution in [1.29, 1.82) is 0 Å². The van der Waals surface area contributed by atoms with Crippen molar-refractivity contribution >= 4 is 33.5 Å². The Morgan fingerprint density at radius 1 is 1.58 bits per heavy atom. The SMILES string of the molecule is COC(=O)c1cccc(Cl)c1Br. The van der Waals surface area contributed by atoms with Gasteiger partial charge in [0, 0.05) is 0 Å². The van der Waals surface area contributed by atoms with Crippen molar-refractivity contribution in [1.82, 2.24) is 0 Å². The summed E-state index contributed by atoms with van der Waals surface area (Å²) in [5.41, 5.74) is 0.435. The van der Waals surface area contributed by atoms with Gasteiger partial charge in [-0.2, -0.15) is 0 Å². The van der Waals surface area contributed by atoms with E-state index in [0.29, 0.717) is 15.1 Å². The molecule has 0 aromatic heterocycles. The van der Waals surface area contributed by atoms with Crippen molar-refractivity contribution in [3.05, 3.63) is 33.3 Å². The maximum atomic E-state index is 11.1. The summed E-state index contributed by atoms with van der Waals surface area (Å²) >= 11 is 8.95. The quantitative estimate of drug-likeness (QED) is 0.715. The third-order valence-electron chi connectivity index (χ3n) is 1.36. The molecule has 12 heavy (non-hydrogen) atoms. The lowest BCUT2D eigenvalue weighted by Gasteiger charge is -2.02. The summed E-state index contributed by atoms with van der Waals surface area (Å²) < 4.78 is 5.11. The van der Waals surface area contributed by atoms with E-state index in [4.69, 9.17) is 11.6 Å². The molecule has 4 heteroatoms. The fourth-order valence-electron chi connectivity index (χ4n) is 0.771. The maximum Gasteiger partial charge on any atom is 0.339 e. The molecule has 64 valence electrons.